The van der Waals surface area contributed by atoms with Gasteiger partial charge in [0.25, 0.3) is 5.56 Å². The number of hydrogen-bond acceptors (Lipinski definition) is 4. The molecule has 0 saturated heterocycles. The van der Waals surface area contributed by atoms with Gasteiger partial charge < -0.3 is 4.57 Å². The number of benzene rings is 2. The Morgan fingerprint density at radius 1 is 1.07 bits per heavy atom. The molecule has 0 bridgehead atoms. The van der Waals surface area contributed by atoms with Crippen molar-refractivity contribution in [3.8, 4) is 11.1 Å². The predicted octanol–water partition coefficient (Wildman–Crippen LogP) is 4.59. The van der Waals surface area contributed by atoms with Crippen molar-refractivity contribution in [1.82, 2.24) is 13.9 Å². The lowest BCUT2D eigenvalue weighted by Gasteiger charge is -2.14. The van der Waals surface area contributed by atoms with Crippen molar-refractivity contribution >= 4 is 43.4 Å². The van der Waals surface area contributed by atoms with Crippen LogP contribution in [-0.4, -0.2) is 13.9 Å². The minimum atomic E-state index is -0.499. The van der Waals surface area contributed by atoms with Gasteiger partial charge in [-0.1, -0.05) is 24.3 Å². The third-order valence-corrected chi connectivity index (χ3v) is 6.47. The third kappa shape index (κ3) is 2.34. The second-order valence-electron chi connectivity index (χ2n) is 7.40. The van der Waals surface area contributed by atoms with E-state index in [0.29, 0.717) is 21.5 Å². The molecule has 1 N–H and O–H groups in total. The van der Waals surface area contributed by atoms with E-state index in [2.05, 4.69) is 9.36 Å². The molecule has 7 heteroatoms. The molecule has 6 rings (SSSR count). The minimum absolute atomic E-state index is 0.119. The average Bonchev–Trinajstić information content (AvgIpc) is 3.50. The number of nitrogens with one attached hydrogen (secondary N) is 1. The van der Waals surface area contributed by atoms with Crippen LogP contribution in [0.5, 0.6) is 0 Å². The summed E-state index contributed by atoms with van der Waals surface area (Å²) in [5.41, 5.74) is 0.909. The molecule has 5 aromatic rings. The number of H-pyrrole nitrogens is 1. The average molecular weight is 403 g/mol. The van der Waals surface area contributed by atoms with Crippen molar-refractivity contribution in [3.05, 3.63) is 75.2 Å². The van der Waals surface area contributed by atoms with E-state index >= 15 is 4.39 Å². The number of aromatic nitrogens is 3. The second kappa shape index (κ2) is 5.84. The van der Waals surface area contributed by atoms with E-state index in [1.54, 1.807) is 18.5 Å². The van der Waals surface area contributed by atoms with Crippen LogP contribution < -0.4 is 11.0 Å². The van der Waals surface area contributed by atoms with Gasteiger partial charge in [-0.3, -0.25) is 18.9 Å². The Bertz CT molecular complexity index is 1570. The molecule has 142 valence electrons. The number of fused-ring (bicyclic) bond motifs is 3. The standard InChI is InChI=1S/C22H14FN3O2S/c23-17-7-15-18(8-14(17)16-10-24-9-11-3-1-2-4-13(11)16)26(12-5-6-12)22-19(20(15)27)21(28)25-29-22/h1-4,7-10,12H,5-6H2,(H,25,28). The third-order valence-electron chi connectivity index (χ3n) is 5.59. The summed E-state index contributed by atoms with van der Waals surface area (Å²) in [4.78, 5) is 30.1. The van der Waals surface area contributed by atoms with E-state index in [0.717, 1.165) is 23.6 Å². The molecule has 0 radical (unpaired) electrons. The van der Waals surface area contributed by atoms with Crippen molar-refractivity contribution < 1.29 is 4.39 Å². The predicted molar refractivity (Wildman–Crippen MR) is 113 cm³/mol. The van der Waals surface area contributed by atoms with Crippen molar-refractivity contribution in [2.24, 2.45) is 0 Å². The van der Waals surface area contributed by atoms with Crippen LogP contribution in [0, 0.1) is 5.82 Å². The van der Waals surface area contributed by atoms with Gasteiger partial charge in [0, 0.05) is 40.3 Å². The molecule has 0 spiro atoms. The minimum Gasteiger partial charge on any atom is -0.328 e. The molecule has 0 atom stereocenters. The summed E-state index contributed by atoms with van der Waals surface area (Å²) >= 11 is 1.17. The maximum atomic E-state index is 15.2. The van der Waals surface area contributed by atoms with Gasteiger partial charge in [0.15, 0.2) is 0 Å². The topological polar surface area (TPSA) is 67.8 Å². The maximum absolute atomic E-state index is 15.2. The molecule has 5 nitrogen and oxygen atoms in total. The molecule has 1 aliphatic carbocycles. The Morgan fingerprint density at radius 2 is 1.90 bits per heavy atom. The van der Waals surface area contributed by atoms with E-state index in [4.69, 9.17) is 0 Å². The van der Waals surface area contributed by atoms with Crippen LogP contribution in [0.2, 0.25) is 0 Å². The quantitative estimate of drug-likeness (QED) is 0.469. The number of pyridine rings is 2. The summed E-state index contributed by atoms with van der Waals surface area (Å²) in [6.07, 6.45) is 5.35. The monoisotopic (exact) mass is 403 g/mol. The fourth-order valence-electron chi connectivity index (χ4n) is 4.08. The molecule has 0 unspecified atom stereocenters. The summed E-state index contributed by atoms with van der Waals surface area (Å²) in [7, 11) is 0. The van der Waals surface area contributed by atoms with Crippen LogP contribution in [0.15, 0.2) is 58.4 Å². The highest BCUT2D eigenvalue weighted by molar-refractivity contribution is 7.12. The molecular formula is C22H14FN3O2S. The van der Waals surface area contributed by atoms with Crippen LogP contribution in [-0.2, 0) is 0 Å². The van der Waals surface area contributed by atoms with Crippen LogP contribution in [0.3, 0.4) is 0 Å². The number of hydrogen-bond donors (Lipinski definition) is 1. The van der Waals surface area contributed by atoms with Crippen molar-refractivity contribution in [2.75, 3.05) is 0 Å². The van der Waals surface area contributed by atoms with Gasteiger partial charge in [0.2, 0.25) is 5.43 Å². The lowest BCUT2D eigenvalue weighted by molar-refractivity contribution is 0.632. The lowest BCUT2D eigenvalue weighted by atomic mass is 9.98. The van der Waals surface area contributed by atoms with E-state index in [1.165, 1.54) is 17.6 Å². The van der Waals surface area contributed by atoms with Gasteiger partial charge >= 0.3 is 0 Å². The normalized spacial score (nSPS) is 14.2. The van der Waals surface area contributed by atoms with E-state index in [-0.39, 0.29) is 16.8 Å². The molecule has 1 aliphatic rings. The van der Waals surface area contributed by atoms with Crippen molar-refractivity contribution in [3.63, 3.8) is 0 Å². The number of rotatable bonds is 2. The summed E-state index contributed by atoms with van der Waals surface area (Å²) < 4.78 is 19.9. The molecule has 0 amide bonds. The zero-order valence-corrected chi connectivity index (χ0v) is 15.9. The van der Waals surface area contributed by atoms with Gasteiger partial charge in [-0.15, -0.1) is 0 Å². The van der Waals surface area contributed by atoms with Crippen molar-refractivity contribution in [2.45, 2.75) is 18.9 Å². The van der Waals surface area contributed by atoms with Crippen LogP contribution in [0.1, 0.15) is 18.9 Å². The molecular weight excluding hydrogens is 389 g/mol. The SMILES string of the molecule is O=c1[nH]sc2c1c(=O)c1cc(F)c(-c3cncc4ccccc34)cc1n2C1CC1. The number of halogens is 1. The Labute approximate surface area is 167 Å². The molecule has 1 saturated carbocycles. The first-order valence-electron chi connectivity index (χ1n) is 9.35. The summed E-state index contributed by atoms with van der Waals surface area (Å²) in [6.45, 7) is 0. The van der Waals surface area contributed by atoms with Gasteiger partial charge in [0.05, 0.1) is 5.52 Å². The Kier molecular flexibility index (Phi) is 3.35. The fourth-order valence-corrected chi connectivity index (χ4v) is 5.01. The highest BCUT2D eigenvalue weighted by atomic mass is 32.1. The zero-order valence-electron chi connectivity index (χ0n) is 15.1. The van der Waals surface area contributed by atoms with E-state index in [1.807, 2.05) is 28.8 Å². The Balaban J connectivity index is 1.77. The van der Waals surface area contributed by atoms with Gasteiger partial charge in [-0.25, -0.2) is 4.39 Å². The highest BCUT2D eigenvalue weighted by Gasteiger charge is 2.29. The zero-order chi connectivity index (χ0) is 19.7. The first-order valence-corrected chi connectivity index (χ1v) is 10.2. The first-order chi connectivity index (χ1) is 14.1. The molecule has 3 aromatic heterocycles. The van der Waals surface area contributed by atoms with E-state index < -0.39 is 16.8 Å². The van der Waals surface area contributed by atoms with Gasteiger partial charge in [0.1, 0.15) is 16.0 Å². The molecule has 2 aromatic carbocycles. The summed E-state index contributed by atoms with van der Waals surface area (Å²) in [5, 5.41) is 2.17. The molecule has 0 aliphatic heterocycles. The number of nitrogens with zero attached hydrogens (tertiary/aromatic N) is 2. The van der Waals surface area contributed by atoms with Gasteiger partial charge in [-0.05, 0) is 41.9 Å². The molecule has 3 heterocycles. The fraction of sp³-hybridized carbons (Fsp3) is 0.136. The largest absolute Gasteiger partial charge is 0.328 e. The second-order valence-corrected chi connectivity index (χ2v) is 8.20. The maximum Gasteiger partial charge on any atom is 0.271 e. The van der Waals surface area contributed by atoms with Crippen LogP contribution in [0.25, 0.3) is 43.0 Å². The summed E-state index contributed by atoms with van der Waals surface area (Å²) in [6, 6.07) is 10.9. The number of aromatic amines is 1. The van der Waals surface area contributed by atoms with Gasteiger partial charge in [-0.2, -0.15) is 0 Å². The highest BCUT2D eigenvalue weighted by Crippen LogP contribution is 2.41. The van der Waals surface area contributed by atoms with Crippen molar-refractivity contribution in [1.29, 1.82) is 0 Å². The molecule has 29 heavy (non-hydrogen) atoms. The lowest BCUT2D eigenvalue weighted by Crippen LogP contribution is -2.15. The first kappa shape index (κ1) is 16.6. The van der Waals surface area contributed by atoms with Crippen LogP contribution >= 0.6 is 11.5 Å². The van der Waals surface area contributed by atoms with Crippen LogP contribution in [0.4, 0.5) is 4.39 Å². The van der Waals surface area contributed by atoms with E-state index in [9.17, 15) is 9.59 Å². The summed E-state index contributed by atoms with van der Waals surface area (Å²) in [5.74, 6) is -0.499. The Hall–Kier alpha value is -3.32. The molecule has 1 fully saturated rings. The smallest absolute Gasteiger partial charge is 0.271 e. The Morgan fingerprint density at radius 3 is 2.72 bits per heavy atom.